The van der Waals surface area contributed by atoms with Crippen LogP contribution in [0, 0.1) is 10.6 Å². The number of aldehydes is 1. The van der Waals surface area contributed by atoms with Gasteiger partial charge in [0.25, 0.3) is 0 Å². The summed E-state index contributed by atoms with van der Waals surface area (Å²) in [5.74, 6) is -0.291. The number of aromatic nitrogens is 2. The third kappa shape index (κ3) is 7.96. The van der Waals surface area contributed by atoms with Crippen LogP contribution in [0.3, 0.4) is 0 Å². The predicted octanol–water partition coefficient (Wildman–Crippen LogP) is 13.5. The number of carbonyl (C=O) groups is 2. The van der Waals surface area contributed by atoms with Gasteiger partial charge in [0.15, 0.2) is 12.0 Å². The minimum atomic E-state index is -0.544. The zero-order valence-corrected chi connectivity index (χ0v) is 41.7. The number of esters is 1. The summed E-state index contributed by atoms with van der Waals surface area (Å²) in [7, 11) is 0. The molecule has 0 radical (unpaired) electrons. The van der Waals surface area contributed by atoms with Gasteiger partial charge in [-0.15, -0.1) is 0 Å². The smallest absolute Gasteiger partial charge is 0.343 e. The van der Waals surface area contributed by atoms with Gasteiger partial charge in [-0.1, -0.05) is 172 Å². The first-order valence-corrected chi connectivity index (χ1v) is 24.4. The number of ether oxygens (including phenoxy) is 1. The van der Waals surface area contributed by atoms with Crippen LogP contribution in [-0.2, 0) is 21.0 Å². The molecule has 0 aliphatic carbocycles. The molecule has 0 atom stereocenters. The molecule has 7 heteroatoms. The minimum absolute atomic E-state index is 0.0389. The molecule has 0 saturated heterocycles. The van der Waals surface area contributed by atoms with Crippen LogP contribution < -0.4 is 10.7 Å². The Hall–Kier alpha value is -8.16. The highest BCUT2D eigenvalue weighted by atomic mass is 16.5. The summed E-state index contributed by atoms with van der Waals surface area (Å²) in [5, 5.41) is 5.10. The molecular weight excluding hydrogens is 873 g/mol. The van der Waals surface area contributed by atoms with E-state index in [9.17, 15) is 9.59 Å². The Morgan fingerprint density at radius 1 is 0.549 bits per heavy atom. The second-order valence-electron chi connectivity index (χ2n) is 21.9. The van der Waals surface area contributed by atoms with Gasteiger partial charge in [0.2, 0.25) is 0 Å². The summed E-state index contributed by atoms with van der Waals surface area (Å²) in [6, 6.07) is 49.4. The van der Waals surface area contributed by atoms with E-state index in [-0.39, 0.29) is 22.0 Å². The first-order chi connectivity index (χ1) is 34.0. The number of hydrogen-bond acceptors (Lipinski definition) is 5. The number of nitrogens with one attached hydrogen (secondary N) is 2. The van der Waals surface area contributed by atoms with Crippen LogP contribution >= 0.6 is 0 Å². The van der Waals surface area contributed by atoms with Crippen molar-refractivity contribution in [1.82, 2.24) is 9.97 Å². The predicted molar refractivity (Wildman–Crippen MR) is 288 cm³/mol. The fourth-order valence-corrected chi connectivity index (χ4v) is 10.1. The van der Waals surface area contributed by atoms with Crippen molar-refractivity contribution in [3.05, 3.63) is 241 Å². The summed E-state index contributed by atoms with van der Waals surface area (Å²) in [4.78, 5) is 46.9. The van der Waals surface area contributed by atoms with Gasteiger partial charge in [0.05, 0.1) is 33.6 Å². The third-order valence-corrected chi connectivity index (χ3v) is 14.0. The highest BCUT2D eigenvalue weighted by molar-refractivity contribution is 6.30. The number of aromatic amines is 2. The summed E-state index contributed by atoms with van der Waals surface area (Å²) in [5.41, 5.74) is 13.1. The Bertz CT molecular complexity index is 3880. The van der Waals surface area contributed by atoms with Gasteiger partial charge < -0.3 is 14.7 Å². The highest BCUT2D eigenvalue weighted by Crippen LogP contribution is 2.44. The minimum Gasteiger partial charge on any atom is -0.420 e. The Morgan fingerprint density at radius 2 is 1.14 bits per heavy atom. The van der Waals surface area contributed by atoms with Crippen LogP contribution in [0.4, 0.5) is 0 Å². The molecule has 0 amide bonds. The van der Waals surface area contributed by atoms with Gasteiger partial charge in [-0.05, 0) is 109 Å². The molecule has 2 aromatic heterocycles. The average molecular weight is 929 g/mol. The van der Waals surface area contributed by atoms with Gasteiger partial charge >= 0.3 is 5.97 Å². The molecular formula is C64H56N4O3. The molecule has 5 heterocycles. The van der Waals surface area contributed by atoms with Crippen molar-refractivity contribution in [1.29, 1.82) is 0 Å². The lowest BCUT2D eigenvalue weighted by molar-refractivity contribution is 0.0693. The van der Waals surface area contributed by atoms with E-state index in [1.54, 1.807) is 12.1 Å². The Kier molecular flexibility index (Phi) is 10.7. The third-order valence-electron chi connectivity index (χ3n) is 14.0. The number of benzene rings is 6. The molecule has 0 spiro atoms. The molecule has 8 bridgehead atoms. The standard InChI is InChI=1S/C64H56N4O3/c1-62(2,3)42-24-20-38(21-25-42)53-47-30-31-49(65-47)54(39-22-26-43(27-23-39)63(4,5)6)51-34-41(36-69)57(67-51)59-60(71-61(70)40-18-14-11-15-19-40)56-52(37-16-12-10-13-17-37)46-35-44(64(7,8)9)28-29-45(46)55(58(56)68-59)50-33-32-48(53)66-50/h10-36,66-67H,1-9H3. The van der Waals surface area contributed by atoms with E-state index < -0.39 is 5.97 Å². The summed E-state index contributed by atoms with van der Waals surface area (Å²) in [6.07, 6.45) is 4.99. The number of nitrogens with zero attached hydrogens (tertiary/aromatic N) is 2. The van der Waals surface area contributed by atoms with Crippen LogP contribution in [0.5, 0.6) is 0 Å². The van der Waals surface area contributed by atoms with Crippen molar-refractivity contribution in [3.63, 3.8) is 0 Å². The van der Waals surface area contributed by atoms with Crippen molar-refractivity contribution in [3.8, 4) is 11.1 Å². The van der Waals surface area contributed by atoms with Crippen molar-refractivity contribution < 1.29 is 14.3 Å². The Labute approximate surface area is 414 Å². The van der Waals surface area contributed by atoms with Crippen molar-refractivity contribution >= 4 is 51.3 Å². The topological polar surface area (TPSA) is 99.7 Å². The van der Waals surface area contributed by atoms with E-state index in [4.69, 9.17) is 14.7 Å². The average Bonchev–Trinajstić information content (AvgIpc) is 4.18. The number of carbonyl (C=O) groups excluding carboxylic acids is 2. The molecule has 0 unspecified atom stereocenters. The molecule has 8 aromatic rings. The summed E-state index contributed by atoms with van der Waals surface area (Å²) < 4.78 is 6.76. The fraction of sp³-hybridized carbons (Fsp3) is 0.188. The molecule has 0 fully saturated rings. The quantitative estimate of drug-likeness (QED) is 0.128. The van der Waals surface area contributed by atoms with Crippen LogP contribution in [0.25, 0.3) is 44.5 Å². The van der Waals surface area contributed by atoms with Crippen LogP contribution in [0.1, 0.15) is 128 Å². The Balaban J connectivity index is 1.34. The number of hydrogen-bond donors (Lipinski definition) is 2. The zero-order valence-electron chi connectivity index (χ0n) is 41.7. The lowest BCUT2D eigenvalue weighted by Crippen LogP contribution is -2.17. The number of fused-ring (bicyclic) bond motifs is 9. The monoisotopic (exact) mass is 928 g/mol. The van der Waals surface area contributed by atoms with Gasteiger partial charge in [-0.2, -0.15) is 0 Å². The van der Waals surface area contributed by atoms with Crippen LogP contribution in [0.15, 0.2) is 173 Å². The highest BCUT2D eigenvalue weighted by Gasteiger charge is 2.33. The normalized spacial score (nSPS) is 14.4. The summed E-state index contributed by atoms with van der Waals surface area (Å²) >= 11 is 0. The fourth-order valence-electron chi connectivity index (χ4n) is 10.1. The molecule has 6 aromatic carbocycles. The van der Waals surface area contributed by atoms with Crippen molar-refractivity contribution in [2.75, 3.05) is 0 Å². The largest absolute Gasteiger partial charge is 0.420 e. The van der Waals surface area contributed by atoms with Crippen LogP contribution in [-0.4, -0.2) is 27.9 Å². The van der Waals surface area contributed by atoms with E-state index in [2.05, 4.69) is 175 Å². The molecule has 11 rings (SSSR count). The van der Waals surface area contributed by atoms with Crippen molar-refractivity contribution in [2.24, 2.45) is 9.98 Å². The molecule has 350 valence electrons. The van der Waals surface area contributed by atoms with Gasteiger partial charge in [-0.25, -0.2) is 14.8 Å². The van der Waals surface area contributed by atoms with Gasteiger partial charge in [0.1, 0.15) is 5.70 Å². The van der Waals surface area contributed by atoms with E-state index in [1.165, 1.54) is 11.1 Å². The second kappa shape index (κ2) is 16.8. The maximum Gasteiger partial charge on any atom is 0.343 e. The van der Waals surface area contributed by atoms with E-state index in [0.29, 0.717) is 39.1 Å². The maximum atomic E-state index is 14.6. The molecule has 2 N–H and O–H groups in total. The summed E-state index contributed by atoms with van der Waals surface area (Å²) in [6.45, 7) is 19.9. The lowest BCUT2D eigenvalue weighted by atomic mass is 9.83. The van der Waals surface area contributed by atoms with E-state index in [0.717, 1.165) is 83.3 Å². The number of allylic oxidation sites excluding steroid dienone is 2. The first kappa shape index (κ1) is 45.3. The van der Waals surface area contributed by atoms with E-state index in [1.807, 2.05) is 42.5 Å². The molecule has 0 saturated carbocycles. The first-order valence-electron chi connectivity index (χ1n) is 24.4. The number of aliphatic imine (C=N–C) groups is 1. The molecule has 71 heavy (non-hydrogen) atoms. The van der Waals surface area contributed by atoms with Crippen molar-refractivity contribution in [2.45, 2.75) is 78.6 Å². The SMILES string of the molecule is CC(C)(C)c1ccc(C2=C3C=CC(=N3)C(c3ccc(C(C)(C)C)cc3)=c3ccc([nH]3)=c3c4c(c(-c5ccccc5)c5cc(C(C)(C)C)ccc35)C(OC(=O)c3ccccc3)=C(N=4)c3[nH]c2cc3C=O)cc1. The number of H-pyrrole nitrogens is 2. The Morgan fingerprint density at radius 3 is 1.76 bits per heavy atom. The molecule has 3 aliphatic rings. The van der Waals surface area contributed by atoms with Gasteiger partial charge in [0, 0.05) is 43.9 Å². The number of rotatable bonds is 6. The molecule has 3 aliphatic heterocycles. The maximum absolute atomic E-state index is 14.6. The van der Waals surface area contributed by atoms with Gasteiger partial charge in [-0.3, -0.25) is 4.79 Å². The van der Waals surface area contributed by atoms with Crippen LogP contribution in [0.2, 0.25) is 0 Å². The molecule has 7 nitrogen and oxygen atoms in total. The lowest BCUT2D eigenvalue weighted by Gasteiger charge is -2.21. The zero-order chi connectivity index (χ0) is 49.6. The van der Waals surface area contributed by atoms with E-state index >= 15 is 0 Å². The second-order valence-corrected chi connectivity index (χ2v) is 21.9.